The van der Waals surface area contributed by atoms with Crippen LogP contribution in [0.15, 0.2) is 0 Å². The van der Waals surface area contributed by atoms with E-state index in [2.05, 4.69) is 5.32 Å². The lowest BCUT2D eigenvalue weighted by Gasteiger charge is -2.28. The number of carbonyl (C=O) groups is 2. The van der Waals surface area contributed by atoms with Gasteiger partial charge in [0.1, 0.15) is 0 Å². The highest BCUT2D eigenvalue weighted by Gasteiger charge is 2.22. The van der Waals surface area contributed by atoms with Gasteiger partial charge in [-0.2, -0.15) is 0 Å². The Bertz CT molecular complexity index is 275. The number of nitrogens with zero attached hydrogens (tertiary/aromatic N) is 1. The number of morpholine rings is 1. The third kappa shape index (κ3) is 4.32. The maximum Gasteiger partial charge on any atom is 0.236 e. The summed E-state index contributed by atoms with van der Waals surface area (Å²) in [5.41, 5.74) is 5.26. The zero-order chi connectivity index (χ0) is 12.8. The number of ether oxygens (including phenoxy) is 1. The van der Waals surface area contributed by atoms with Crippen LogP contribution in [0.3, 0.4) is 0 Å². The van der Waals surface area contributed by atoms with E-state index in [1.807, 2.05) is 13.8 Å². The molecule has 0 aromatic heterocycles. The molecule has 17 heavy (non-hydrogen) atoms. The molecule has 0 aromatic rings. The summed E-state index contributed by atoms with van der Waals surface area (Å²) in [4.78, 5) is 24.7. The predicted molar refractivity (Wildman–Crippen MR) is 63.2 cm³/mol. The summed E-state index contributed by atoms with van der Waals surface area (Å²) < 4.78 is 5.16. The van der Waals surface area contributed by atoms with Gasteiger partial charge >= 0.3 is 0 Å². The van der Waals surface area contributed by atoms with Crippen LogP contribution in [0.5, 0.6) is 0 Å². The smallest absolute Gasteiger partial charge is 0.236 e. The second-order valence-corrected chi connectivity index (χ2v) is 4.50. The van der Waals surface area contributed by atoms with Crippen LogP contribution >= 0.6 is 0 Å². The van der Waals surface area contributed by atoms with Crippen LogP contribution in [0.1, 0.15) is 13.8 Å². The van der Waals surface area contributed by atoms with E-state index < -0.39 is 11.9 Å². The molecule has 1 unspecified atom stereocenters. The van der Waals surface area contributed by atoms with E-state index in [-0.39, 0.29) is 18.4 Å². The van der Waals surface area contributed by atoms with Crippen molar-refractivity contribution in [1.29, 1.82) is 0 Å². The van der Waals surface area contributed by atoms with Crippen LogP contribution in [-0.4, -0.2) is 55.6 Å². The summed E-state index contributed by atoms with van der Waals surface area (Å²) in [7, 11) is 0. The minimum absolute atomic E-state index is 0.0137. The summed E-state index contributed by atoms with van der Waals surface area (Å²) in [6.45, 7) is 6.31. The summed E-state index contributed by atoms with van der Waals surface area (Å²) in [6.07, 6.45) is 0. The summed E-state index contributed by atoms with van der Waals surface area (Å²) in [5, 5.41) is 2.91. The lowest BCUT2D eigenvalue weighted by atomic mass is 10.0. The van der Waals surface area contributed by atoms with E-state index in [4.69, 9.17) is 10.5 Å². The zero-order valence-corrected chi connectivity index (χ0v) is 10.4. The molecule has 0 bridgehead atoms. The first-order chi connectivity index (χ1) is 8.02. The van der Waals surface area contributed by atoms with Crippen LogP contribution in [0, 0.1) is 5.92 Å². The average Bonchev–Trinajstić information content (AvgIpc) is 2.29. The molecule has 3 N–H and O–H groups in total. The Kier molecular flexibility index (Phi) is 5.37. The number of rotatable bonds is 5. The predicted octanol–water partition coefficient (Wildman–Crippen LogP) is -1.06. The van der Waals surface area contributed by atoms with Gasteiger partial charge < -0.3 is 15.4 Å². The SMILES string of the molecule is CC(C)C(NCC(=O)N1CCOCC1)C(N)=O. The Morgan fingerprint density at radius 1 is 1.35 bits per heavy atom. The fraction of sp³-hybridized carbons (Fsp3) is 0.818. The number of nitrogens with one attached hydrogen (secondary N) is 1. The van der Waals surface area contributed by atoms with Crippen LogP contribution in [0.25, 0.3) is 0 Å². The zero-order valence-electron chi connectivity index (χ0n) is 10.4. The molecule has 1 rings (SSSR count). The normalized spacial score (nSPS) is 18.2. The summed E-state index contributed by atoms with van der Waals surface area (Å²) >= 11 is 0. The molecule has 1 heterocycles. The van der Waals surface area contributed by atoms with Crippen molar-refractivity contribution in [2.24, 2.45) is 11.7 Å². The lowest BCUT2D eigenvalue weighted by Crippen LogP contribution is -2.51. The van der Waals surface area contributed by atoms with Crippen molar-refractivity contribution in [1.82, 2.24) is 10.2 Å². The Morgan fingerprint density at radius 2 is 1.94 bits per heavy atom. The number of hydrogen-bond donors (Lipinski definition) is 2. The second-order valence-electron chi connectivity index (χ2n) is 4.50. The first kappa shape index (κ1) is 13.9. The van der Waals surface area contributed by atoms with E-state index in [0.717, 1.165) is 0 Å². The highest BCUT2D eigenvalue weighted by Crippen LogP contribution is 2.01. The second kappa shape index (κ2) is 6.56. The summed E-state index contributed by atoms with van der Waals surface area (Å²) in [5.74, 6) is -0.361. The van der Waals surface area contributed by atoms with Gasteiger partial charge in [0.2, 0.25) is 11.8 Å². The van der Waals surface area contributed by atoms with E-state index in [1.54, 1.807) is 4.90 Å². The van der Waals surface area contributed by atoms with Crippen LogP contribution in [0.4, 0.5) is 0 Å². The number of hydrogen-bond acceptors (Lipinski definition) is 4. The molecule has 0 aromatic carbocycles. The first-order valence-electron chi connectivity index (χ1n) is 5.90. The van der Waals surface area contributed by atoms with Crippen molar-refractivity contribution < 1.29 is 14.3 Å². The van der Waals surface area contributed by atoms with Gasteiger partial charge in [-0.1, -0.05) is 13.8 Å². The highest BCUT2D eigenvalue weighted by molar-refractivity contribution is 5.82. The van der Waals surface area contributed by atoms with E-state index in [0.29, 0.717) is 26.3 Å². The van der Waals surface area contributed by atoms with Crippen molar-refractivity contribution in [2.45, 2.75) is 19.9 Å². The van der Waals surface area contributed by atoms with Crippen molar-refractivity contribution in [3.05, 3.63) is 0 Å². The number of nitrogens with two attached hydrogens (primary N) is 1. The molecule has 0 saturated carbocycles. The molecule has 0 spiro atoms. The van der Waals surface area contributed by atoms with E-state index in [1.165, 1.54) is 0 Å². The average molecular weight is 243 g/mol. The third-order valence-corrected chi connectivity index (χ3v) is 2.81. The molecule has 98 valence electrons. The standard InChI is InChI=1S/C11H21N3O3/c1-8(2)10(11(12)16)13-7-9(15)14-3-5-17-6-4-14/h8,10,13H,3-7H2,1-2H3,(H2,12,16). The third-order valence-electron chi connectivity index (χ3n) is 2.81. The quantitative estimate of drug-likeness (QED) is 0.645. The molecule has 0 aliphatic carbocycles. The van der Waals surface area contributed by atoms with Crippen molar-refractivity contribution >= 4 is 11.8 Å². The van der Waals surface area contributed by atoms with E-state index in [9.17, 15) is 9.59 Å². The fourth-order valence-corrected chi connectivity index (χ4v) is 1.79. The number of amides is 2. The van der Waals surface area contributed by atoms with Gasteiger partial charge in [0.25, 0.3) is 0 Å². The monoisotopic (exact) mass is 243 g/mol. The van der Waals surface area contributed by atoms with E-state index >= 15 is 0 Å². The van der Waals surface area contributed by atoms with Crippen LogP contribution in [0.2, 0.25) is 0 Å². The molecule has 0 radical (unpaired) electrons. The van der Waals surface area contributed by atoms with Gasteiger partial charge in [-0.3, -0.25) is 14.9 Å². The Morgan fingerprint density at radius 3 is 2.41 bits per heavy atom. The molecule has 1 fully saturated rings. The van der Waals surface area contributed by atoms with Gasteiger partial charge in [0.05, 0.1) is 25.8 Å². The molecule has 2 amide bonds. The molecule has 1 saturated heterocycles. The molecule has 6 nitrogen and oxygen atoms in total. The lowest BCUT2D eigenvalue weighted by molar-refractivity contribution is -0.134. The highest BCUT2D eigenvalue weighted by atomic mass is 16.5. The molecule has 1 atom stereocenters. The number of carbonyl (C=O) groups excluding carboxylic acids is 2. The van der Waals surface area contributed by atoms with Crippen molar-refractivity contribution in [2.75, 3.05) is 32.8 Å². The van der Waals surface area contributed by atoms with Gasteiger partial charge in [0, 0.05) is 13.1 Å². The maximum atomic E-state index is 11.8. The minimum atomic E-state index is -0.458. The van der Waals surface area contributed by atoms with Gasteiger partial charge in [0.15, 0.2) is 0 Å². The Hall–Kier alpha value is -1.14. The molecule has 1 aliphatic heterocycles. The molecular weight excluding hydrogens is 222 g/mol. The van der Waals surface area contributed by atoms with Crippen LogP contribution < -0.4 is 11.1 Å². The first-order valence-corrected chi connectivity index (χ1v) is 5.90. The molecule has 6 heteroatoms. The largest absolute Gasteiger partial charge is 0.378 e. The number of primary amides is 1. The Balaban J connectivity index is 2.37. The van der Waals surface area contributed by atoms with Crippen molar-refractivity contribution in [3.63, 3.8) is 0 Å². The topological polar surface area (TPSA) is 84.7 Å². The van der Waals surface area contributed by atoms with Gasteiger partial charge in [-0.25, -0.2) is 0 Å². The van der Waals surface area contributed by atoms with Crippen molar-refractivity contribution in [3.8, 4) is 0 Å². The fourth-order valence-electron chi connectivity index (χ4n) is 1.79. The molecular formula is C11H21N3O3. The summed E-state index contributed by atoms with van der Waals surface area (Å²) in [6, 6.07) is -0.458. The van der Waals surface area contributed by atoms with Crippen LogP contribution in [-0.2, 0) is 14.3 Å². The Labute approximate surface area is 101 Å². The maximum absolute atomic E-state index is 11.8. The van der Waals surface area contributed by atoms with Gasteiger partial charge in [-0.15, -0.1) is 0 Å². The van der Waals surface area contributed by atoms with Gasteiger partial charge in [-0.05, 0) is 5.92 Å². The molecule has 1 aliphatic rings. The minimum Gasteiger partial charge on any atom is -0.378 e.